The van der Waals surface area contributed by atoms with Crippen LogP contribution in [-0.2, 0) is 65.3 Å². The third-order valence-corrected chi connectivity index (χ3v) is 18.8. The zero-order valence-electron chi connectivity index (χ0n) is 53.8. The number of carbonyl (C=O) groups is 11. The summed E-state index contributed by atoms with van der Waals surface area (Å²) in [6.07, 6.45) is 0.910. The Balaban J connectivity index is 1.39. The van der Waals surface area contributed by atoms with E-state index >= 15 is 9.59 Å². The molecule has 4 fully saturated rings. The molecule has 4 aliphatic rings. The minimum atomic E-state index is -4.78. The van der Waals surface area contributed by atoms with Gasteiger partial charge in [-0.25, -0.2) is 4.39 Å². The minimum Gasteiger partial charge on any atom is -0.351 e. The summed E-state index contributed by atoms with van der Waals surface area (Å²) in [5, 5.41) is 10.8. The molecular formula is C64H88ClF4N11O11. The first-order valence-corrected chi connectivity index (χ1v) is 31.5. The second kappa shape index (κ2) is 31.1. The van der Waals surface area contributed by atoms with Crippen molar-refractivity contribution in [1.29, 1.82) is 0 Å². The van der Waals surface area contributed by atoms with Crippen molar-refractivity contribution in [3.05, 3.63) is 75.7 Å². The van der Waals surface area contributed by atoms with E-state index in [9.17, 15) is 60.7 Å². The van der Waals surface area contributed by atoms with Crippen molar-refractivity contribution in [1.82, 2.24) is 55.6 Å². The SMILES string of the molecule is CC[C@H](C)[C@@H]1NC(=O)[C@H](C)N(C)C(=O)C[C@@H](C)NC(=O)[C@H](C2CCCC2)N(C)C(=O)C2(CCCC2)NC(=O)[C@@H]2CCCN2C(=O)[C@H](CCc2ccc(C(F)(F)F)c(Cl)c2)NC(=O)[C@@H](C)N(C)C(=O)/C(=C\c2cccc(F)c2)N(C)C(=O)CN(C)C(=O)CN(C)C1=O. The number of likely N-dealkylation sites (N-methyl/N-ethyl adjacent to an activating group) is 6. The van der Waals surface area contributed by atoms with Gasteiger partial charge in [-0.2, -0.15) is 13.2 Å². The summed E-state index contributed by atoms with van der Waals surface area (Å²) in [4.78, 5) is 167. The van der Waals surface area contributed by atoms with Gasteiger partial charge >= 0.3 is 6.18 Å². The first-order chi connectivity index (χ1) is 42.7. The molecule has 22 nitrogen and oxygen atoms in total. The number of carbonyl (C=O) groups excluding carboxylic acids is 11. The van der Waals surface area contributed by atoms with Crippen LogP contribution in [-0.4, -0.2) is 209 Å². The molecule has 2 aromatic carbocycles. The van der Waals surface area contributed by atoms with Gasteiger partial charge in [0.25, 0.3) is 5.91 Å². The number of hydrogen-bond donors (Lipinski definition) is 4. The second-order valence-corrected chi connectivity index (χ2v) is 25.4. The second-order valence-electron chi connectivity index (χ2n) is 25.0. The van der Waals surface area contributed by atoms with E-state index in [4.69, 9.17) is 11.6 Å². The molecule has 2 saturated carbocycles. The largest absolute Gasteiger partial charge is 0.417 e. The molecule has 1 spiro atoms. The lowest BCUT2D eigenvalue weighted by atomic mass is 9.90. The minimum absolute atomic E-state index is 0.0135. The predicted octanol–water partition coefficient (Wildman–Crippen LogP) is 4.90. The number of amides is 11. The lowest BCUT2D eigenvalue weighted by molar-refractivity contribution is -0.149. The summed E-state index contributed by atoms with van der Waals surface area (Å²) >= 11 is 6.11. The molecule has 500 valence electrons. The van der Waals surface area contributed by atoms with Gasteiger partial charge in [-0.1, -0.05) is 75.8 Å². The van der Waals surface area contributed by atoms with Crippen molar-refractivity contribution in [2.24, 2.45) is 11.8 Å². The number of aryl methyl sites for hydroxylation is 1. The molecule has 2 aliphatic carbocycles. The predicted molar refractivity (Wildman–Crippen MR) is 330 cm³/mol. The molecule has 2 heterocycles. The maximum absolute atomic E-state index is 15.2. The molecular weight excluding hydrogens is 1210 g/mol. The molecule has 0 bridgehead atoms. The highest BCUT2D eigenvalue weighted by Crippen LogP contribution is 2.38. The zero-order valence-corrected chi connectivity index (χ0v) is 54.6. The first kappa shape index (κ1) is 72.4. The molecule has 0 unspecified atom stereocenters. The van der Waals surface area contributed by atoms with Gasteiger partial charge in [0, 0.05) is 61.3 Å². The molecule has 11 amide bonds. The van der Waals surface area contributed by atoms with Gasteiger partial charge in [0.05, 0.1) is 23.7 Å². The van der Waals surface area contributed by atoms with Crippen molar-refractivity contribution in [3.8, 4) is 0 Å². The van der Waals surface area contributed by atoms with Gasteiger partial charge in [-0.05, 0) is 125 Å². The van der Waals surface area contributed by atoms with Gasteiger partial charge in [0.2, 0.25) is 59.1 Å². The molecule has 2 saturated heterocycles. The number of rotatable bonds is 7. The molecule has 0 radical (unpaired) electrons. The molecule has 6 rings (SSSR count). The Morgan fingerprint density at radius 1 is 0.692 bits per heavy atom. The van der Waals surface area contributed by atoms with E-state index in [-0.39, 0.29) is 62.1 Å². The van der Waals surface area contributed by atoms with E-state index < -0.39 is 160 Å². The summed E-state index contributed by atoms with van der Waals surface area (Å²) in [5.41, 5.74) is -2.62. The van der Waals surface area contributed by atoms with Gasteiger partial charge in [0.15, 0.2) is 0 Å². The van der Waals surface area contributed by atoms with Gasteiger partial charge < -0.3 is 55.6 Å². The van der Waals surface area contributed by atoms with Crippen LogP contribution in [0.15, 0.2) is 48.2 Å². The third kappa shape index (κ3) is 17.7. The Kier molecular flexibility index (Phi) is 24.8. The number of hydrogen-bond acceptors (Lipinski definition) is 11. The van der Waals surface area contributed by atoms with E-state index in [0.717, 1.165) is 56.7 Å². The monoisotopic (exact) mass is 1300 g/mol. The Hall–Kier alpha value is -7.64. The molecule has 4 N–H and O–H groups in total. The van der Waals surface area contributed by atoms with E-state index in [1.807, 2.05) is 0 Å². The summed E-state index contributed by atoms with van der Waals surface area (Å²) in [6, 6.07) is -0.170. The summed E-state index contributed by atoms with van der Waals surface area (Å²) < 4.78 is 56.1. The maximum Gasteiger partial charge on any atom is 0.417 e. The normalized spacial score (nSPS) is 26.3. The molecule has 2 aromatic rings. The van der Waals surface area contributed by atoms with E-state index in [1.165, 1.54) is 95.1 Å². The number of fused-ring (bicyclic) bond motifs is 1. The fourth-order valence-corrected chi connectivity index (χ4v) is 12.6. The first-order valence-electron chi connectivity index (χ1n) is 31.1. The van der Waals surface area contributed by atoms with Crippen LogP contribution in [0.2, 0.25) is 5.02 Å². The lowest BCUT2D eigenvalue weighted by Gasteiger charge is -2.40. The number of nitrogens with zero attached hydrogens (tertiary/aromatic N) is 7. The fourth-order valence-electron chi connectivity index (χ4n) is 12.3. The fraction of sp³-hybridized carbons (Fsp3) is 0.609. The molecule has 0 aromatic heterocycles. The topological polar surface area (TPSA) is 259 Å². The quantitative estimate of drug-likeness (QED) is 0.214. The number of nitrogens with one attached hydrogen (secondary N) is 4. The molecule has 27 heteroatoms. The highest BCUT2D eigenvalue weighted by atomic mass is 35.5. The molecule has 8 atom stereocenters. The van der Waals surface area contributed by atoms with E-state index in [1.54, 1.807) is 20.8 Å². The zero-order chi connectivity index (χ0) is 67.6. The molecule has 2 aliphatic heterocycles. The van der Waals surface area contributed by atoms with Crippen molar-refractivity contribution in [2.75, 3.05) is 61.9 Å². The van der Waals surface area contributed by atoms with Crippen molar-refractivity contribution < 1.29 is 70.3 Å². The van der Waals surface area contributed by atoms with Crippen LogP contribution in [0, 0.1) is 17.7 Å². The average molecular weight is 1300 g/mol. The number of halogens is 5. The van der Waals surface area contributed by atoms with Crippen LogP contribution >= 0.6 is 11.6 Å². The van der Waals surface area contributed by atoms with Crippen LogP contribution in [0.4, 0.5) is 17.6 Å². The highest BCUT2D eigenvalue weighted by Gasteiger charge is 2.50. The van der Waals surface area contributed by atoms with Crippen molar-refractivity contribution >= 4 is 82.7 Å². The maximum atomic E-state index is 15.2. The Morgan fingerprint density at radius 3 is 1.93 bits per heavy atom. The van der Waals surface area contributed by atoms with Gasteiger partial charge in [0.1, 0.15) is 53.3 Å². The summed E-state index contributed by atoms with van der Waals surface area (Å²) in [6.45, 7) is 6.71. The Morgan fingerprint density at radius 2 is 1.32 bits per heavy atom. The van der Waals surface area contributed by atoms with E-state index in [2.05, 4.69) is 21.3 Å². The van der Waals surface area contributed by atoms with Crippen LogP contribution < -0.4 is 21.3 Å². The average Bonchev–Trinajstić information content (AvgIpc) is 2.01. The third-order valence-electron chi connectivity index (χ3n) is 18.5. The summed E-state index contributed by atoms with van der Waals surface area (Å²) in [7, 11) is 8.00. The highest BCUT2D eigenvalue weighted by molar-refractivity contribution is 6.31. The smallest absolute Gasteiger partial charge is 0.351 e. The van der Waals surface area contributed by atoms with E-state index in [0.29, 0.717) is 38.5 Å². The van der Waals surface area contributed by atoms with Crippen LogP contribution in [0.1, 0.15) is 135 Å². The van der Waals surface area contributed by atoms with Crippen LogP contribution in [0.25, 0.3) is 6.08 Å². The van der Waals surface area contributed by atoms with Crippen LogP contribution in [0.5, 0.6) is 0 Å². The Labute approximate surface area is 534 Å². The lowest BCUT2D eigenvalue weighted by Crippen LogP contribution is -2.64. The van der Waals surface area contributed by atoms with Crippen molar-refractivity contribution in [3.63, 3.8) is 0 Å². The number of benzene rings is 2. The van der Waals surface area contributed by atoms with Crippen molar-refractivity contribution in [2.45, 2.75) is 179 Å². The standard InChI is InChI=1S/C64H88ClF4N11O11/c1-12-37(2)53-61(90)75(7)35-51(82)74(6)36-52(83)78(10)49(34-42-19-17-22-44(66)32-42)60(89)77(9)40(5)55(84)71-47(27-25-41-24-26-45(46(65)33-41)64(67,68)69)59(88)80-30-18-23-48(80)57(86)73-63(28-15-16-29-63)62(91)79(11)54(43-20-13-14-21-43)58(87)70-38(3)31-50(81)76(8)39(4)56(85)72-53/h17,19,22,24,26,32-34,37-40,43,47-48,53-54H,12-16,18,20-21,23,25,27-31,35-36H2,1-11H3,(H,70,87)(H,71,84)(H,72,85)(H,73,86)/b49-34+/t37-,38+,39-,40+,47-,48-,53-,54-/m0/s1. The summed E-state index contributed by atoms with van der Waals surface area (Å²) in [5.74, 6) is -9.28. The number of alkyl halides is 3. The van der Waals surface area contributed by atoms with Gasteiger partial charge in [-0.15, -0.1) is 0 Å². The Bertz CT molecular complexity index is 3100. The van der Waals surface area contributed by atoms with Gasteiger partial charge in [-0.3, -0.25) is 52.7 Å². The molecule has 91 heavy (non-hydrogen) atoms. The van der Waals surface area contributed by atoms with Crippen LogP contribution in [0.3, 0.4) is 0 Å².